The Hall–Kier alpha value is -1.60. The zero-order chi connectivity index (χ0) is 14.0. The molecule has 0 aromatic heterocycles. The van der Waals surface area contributed by atoms with Crippen molar-refractivity contribution in [1.82, 2.24) is 4.90 Å². The summed E-state index contributed by atoms with van der Waals surface area (Å²) < 4.78 is 22.3. The predicted molar refractivity (Wildman–Crippen MR) is 72.4 cm³/mol. The second kappa shape index (κ2) is 5.18. The molecule has 2 amide bonds. The summed E-state index contributed by atoms with van der Waals surface area (Å²) in [5, 5.41) is 5.03. The Labute approximate surface area is 112 Å². The average molecular weight is 283 g/mol. The molecule has 7 heteroatoms. The van der Waals surface area contributed by atoms with Crippen molar-refractivity contribution in [1.29, 1.82) is 0 Å². The van der Waals surface area contributed by atoms with Crippen LogP contribution in [0.1, 0.15) is 12.8 Å². The zero-order valence-electron chi connectivity index (χ0n) is 10.7. The van der Waals surface area contributed by atoms with E-state index in [1.54, 1.807) is 24.1 Å². The molecule has 2 rings (SSSR count). The number of likely N-dealkylation sites (tertiary alicyclic amines) is 1. The van der Waals surface area contributed by atoms with E-state index in [1.807, 2.05) is 0 Å². The van der Waals surface area contributed by atoms with Crippen LogP contribution in [-0.2, 0) is 10.0 Å². The van der Waals surface area contributed by atoms with Gasteiger partial charge in [-0.2, -0.15) is 0 Å². The first kappa shape index (κ1) is 13.8. The highest BCUT2D eigenvalue weighted by atomic mass is 32.2. The molecule has 1 aliphatic heterocycles. The summed E-state index contributed by atoms with van der Waals surface area (Å²) in [6.45, 7) is 1.55. The van der Waals surface area contributed by atoms with E-state index < -0.39 is 10.0 Å². The van der Waals surface area contributed by atoms with Crippen molar-refractivity contribution in [2.75, 3.05) is 25.0 Å². The number of anilines is 1. The number of primary sulfonamides is 1. The van der Waals surface area contributed by atoms with Gasteiger partial charge in [-0.3, -0.25) is 4.90 Å². The normalized spacial score (nSPS) is 15.6. The van der Waals surface area contributed by atoms with Gasteiger partial charge in [0.15, 0.2) is 0 Å². The Bertz CT molecular complexity index is 562. The number of carbonyl (C=O) groups excluding carboxylic acids is 1. The van der Waals surface area contributed by atoms with Gasteiger partial charge in [-0.05, 0) is 37.1 Å². The minimum Gasteiger partial charge on any atom is -0.324 e. The molecule has 0 radical (unpaired) electrons. The summed E-state index contributed by atoms with van der Waals surface area (Å²) in [5.74, 6) is 0. The van der Waals surface area contributed by atoms with Gasteiger partial charge in [0, 0.05) is 25.8 Å². The van der Waals surface area contributed by atoms with Gasteiger partial charge in [-0.25, -0.2) is 18.4 Å². The molecule has 104 valence electrons. The van der Waals surface area contributed by atoms with Gasteiger partial charge < -0.3 is 4.90 Å². The van der Waals surface area contributed by atoms with Crippen LogP contribution in [0.15, 0.2) is 29.2 Å². The molecule has 1 aromatic rings. The number of nitrogens with zero attached hydrogens (tertiary/aromatic N) is 2. The number of sulfonamides is 1. The standard InChI is InChI=1S/C12H17N3O3S/c1-14(12(16)15-8-2-3-9-15)10-4-6-11(7-5-10)19(13,17)18/h4-7H,2-3,8-9H2,1H3,(H2,13,17,18). The summed E-state index contributed by atoms with van der Waals surface area (Å²) in [6, 6.07) is 5.89. The van der Waals surface area contributed by atoms with E-state index in [4.69, 9.17) is 5.14 Å². The smallest absolute Gasteiger partial charge is 0.324 e. The number of carbonyl (C=O) groups is 1. The molecule has 19 heavy (non-hydrogen) atoms. The van der Waals surface area contributed by atoms with Gasteiger partial charge in [0.2, 0.25) is 10.0 Å². The molecule has 0 bridgehead atoms. The quantitative estimate of drug-likeness (QED) is 0.878. The lowest BCUT2D eigenvalue weighted by molar-refractivity contribution is 0.217. The van der Waals surface area contributed by atoms with E-state index in [0.717, 1.165) is 25.9 Å². The monoisotopic (exact) mass is 283 g/mol. The highest BCUT2D eigenvalue weighted by Crippen LogP contribution is 2.19. The Morgan fingerprint density at radius 1 is 1.21 bits per heavy atom. The van der Waals surface area contributed by atoms with Crippen molar-refractivity contribution in [2.45, 2.75) is 17.7 Å². The summed E-state index contributed by atoms with van der Waals surface area (Å²) in [5.41, 5.74) is 0.643. The molecule has 2 N–H and O–H groups in total. The first-order valence-corrected chi connectivity index (χ1v) is 7.60. The van der Waals surface area contributed by atoms with Gasteiger partial charge in [-0.15, -0.1) is 0 Å². The molecular weight excluding hydrogens is 266 g/mol. The summed E-state index contributed by atoms with van der Waals surface area (Å²) in [4.78, 5) is 15.5. The van der Waals surface area contributed by atoms with Crippen molar-refractivity contribution in [3.05, 3.63) is 24.3 Å². The summed E-state index contributed by atoms with van der Waals surface area (Å²) >= 11 is 0. The number of nitrogens with two attached hydrogens (primary N) is 1. The van der Waals surface area contributed by atoms with E-state index in [2.05, 4.69) is 0 Å². The fraction of sp³-hybridized carbons (Fsp3) is 0.417. The molecule has 1 heterocycles. The minimum atomic E-state index is -3.70. The van der Waals surface area contributed by atoms with Crippen LogP contribution in [0.3, 0.4) is 0 Å². The van der Waals surface area contributed by atoms with Crippen LogP contribution in [0.2, 0.25) is 0 Å². The zero-order valence-corrected chi connectivity index (χ0v) is 11.6. The molecule has 0 aliphatic carbocycles. The third kappa shape index (κ3) is 3.05. The van der Waals surface area contributed by atoms with Crippen molar-refractivity contribution in [3.8, 4) is 0 Å². The first-order valence-electron chi connectivity index (χ1n) is 6.05. The summed E-state index contributed by atoms with van der Waals surface area (Å²) in [7, 11) is -2.02. The molecule has 1 aromatic carbocycles. The van der Waals surface area contributed by atoms with E-state index in [1.165, 1.54) is 17.0 Å². The Balaban J connectivity index is 2.15. The van der Waals surface area contributed by atoms with Crippen LogP contribution in [0.4, 0.5) is 10.5 Å². The lowest BCUT2D eigenvalue weighted by Crippen LogP contribution is -2.39. The van der Waals surface area contributed by atoms with Crippen LogP contribution < -0.4 is 10.0 Å². The largest absolute Gasteiger partial charge is 0.324 e. The number of urea groups is 1. The Morgan fingerprint density at radius 2 is 1.74 bits per heavy atom. The van der Waals surface area contributed by atoms with Gasteiger partial charge in [0.05, 0.1) is 4.90 Å². The fourth-order valence-corrected chi connectivity index (χ4v) is 2.61. The second-order valence-corrected chi connectivity index (χ2v) is 6.14. The van der Waals surface area contributed by atoms with Gasteiger partial charge in [-0.1, -0.05) is 0 Å². The molecule has 0 unspecified atom stereocenters. The second-order valence-electron chi connectivity index (χ2n) is 4.57. The molecule has 1 aliphatic rings. The Kier molecular flexibility index (Phi) is 3.77. The van der Waals surface area contributed by atoms with E-state index in [0.29, 0.717) is 5.69 Å². The van der Waals surface area contributed by atoms with Crippen molar-refractivity contribution in [3.63, 3.8) is 0 Å². The third-order valence-electron chi connectivity index (χ3n) is 3.22. The fourth-order valence-electron chi connectivity index (χ4n) is 2.09. The highest BCUT2D eigenvalue weighted by Gasteiger charge is 2.22. The van der Waals surface area contributed by atoms with Crippen molar-refractivity contribution >= 4 is 21.7 Å². The van der Waals surface area contributed by atoms with E-state index in [-0.39, 0.29) is 10.9 Å². The number of benzene rings is 1. The Morgan fingerprint density at radius 3 is 2.21 bits per heavy atom. The molecular formula is C12H17N3O3S. The maximum Gasteiger partial charge on any atom is 0.324 e. The molecule has 0 atom stereocenters. The maximum absolute atomic E-state index is 12.1. The van der Waals surface area contributed by atoms with E-state index in [9.17, 15) is 13.2 Å². The van der Waals surface area contributed by atoms with Crippen LogP contribution in [0.25, 0.3) is 0 Å². The van der Waals surface area contributed by atoms with Gasteiger partial charge in [0.25, 0.3) is 0 Å². The van der Waals surface area contributed by atoms with Crippen LogP contribution >= 0.6 is 0 Å². The highest BCUT2D eigenvalue weighted by molar-refractivity contribution is 7.89. The lowest BCUT2D eigenvalue weighted by Gasteiger charge is -2.24. The van der Waals surface area contributed by atoms with Crippen molar-refractivity contribution in [2.24, 2.45) is 5.14 Å². The molecule has 0 spiro atoms. The number of rotatable bonds is 2. The SMILES string of the molecule is CN(C(=O)N1CCCC1)c1ccc(S(N)(=O)=O)cc1. The van der Waals surface area contributed by atoms with Crippen LogP contribution in [-0.4, -0.2) is 39.5 Å². The van der Waals surface area contributed by atoms with Crippen LogP contribution in [0.5, 0.6) is 0 Å². The lowest BCUT2D eigenvalue weighted by atomic mass is 10.3. The van der Waals surface area contributed by atoms with Crippen molar-refractivity contribution < 1.29 is 13.2 Å². The maximum atomic E-state index is 12.1. The third-order valence-corrected chi connectivity index (χ3v) is 4.15. The first-order chi connectivity index (χ1) is 8.89. The molecule has 6 nitrogen and oxygen atoms in total. The number of amides is 2. The number of hydrogen-bond donors (Lipinski definition) is 1. The molecule has 1 saturated heterocycles. The summed E-state index contributed by atoms with van der Waals surface area (Å²) in [6.07, 6.45) is 2.06. The number of hydrogen-bond acceptors (Lipinski definition) is 3. The van der Waals surface area contributed by atoms with Gasteiger partial charge in [0.1, 0.15) is 0 Å². The van der Waals surface area contributed by atoms with Crippen LogP contribution in [0, 0.1) is 0 Å². The average Bonchev–Trinajstić information content (AvgIpc) is 2.90. The van der Waals surface area contributed by atoms with E-state index >= 15 is 0 Å². The molecule has 0 saturated carbocycles. The molecule has 1 fully saturated rings. The minimum absolute atomic E-state index is 0.0401. The van der Waals surface area contributed by atoms with Gasteiger partial charge >= 0.3 is 6.03 Å². The topological polar surface area (TPSA) is 83.7 Å². The predicted octanol–water partition coefficient (Wildman–Crippen LogP) is 0.986.